The second-order valence-corrected chi connectivity index (χ2v) is 11.6. The van der Waals surface area contributed by atoms with Crippen molar-refractivity contribution in [3.63, 3.8) is 0 Å². The van der Waals surface area contributed by atoms with Gasteiger partial charge in [-0.3, -0.25) is 19.1 Å². The van der Waals surface area contributed by atoms with Gasteiger partial charge in [-0.25, -0.2) is 4.79 Å². The van der Waals surface area contributed by atoms with Crippen molar-refractivity contribution in [2.75, 3.05) is 32.1 Å². The Balaban J connectivity index is 1.35. The van der Waals surface area contributed by atoms with Crippen LogP contribution in [0.1, 0.15) is 48.2 Å². The Kier molecular flexibility index (Phi) is 8.39. The van der Waals surface area contributed by atoms with Crippen LogP contribution in [-0.4, -0.2) is 77.5 Å². The number of aryl methyl sites for hydroxylation is 1. The largest absolute Gasteiger partial charge is 0.453 e. The molecule has 1 saturated heterocycles. The number of halogens is 3. The zero-order valence-corrected chi connectivity index (χ0v) is 23.9. The van der Waals surface area contributed by atoms with Crippen molar-refractivity contribution in [3.8, 4) is 0 Å². The van der Waals surface area contributed by atoms with Crippen molar-refractivity contribution >= 4 is 29.5 Å². The van der Waals surface area contributed by atoms with Crippen LogP contribution >= 0.6 is 0 Å². The molecule has 43 heavy (non-hydrogen) atoms. The smallest absolute Gasteiger partial charge is 0.409 e. The predicted octanol–water partition coefficient (Wildman–Crippen LogP) is 2.98. The van der Waals surface area contributed by atoms with Crippen molar-refractivity contribution in [1.29, 1.82) is 0 Å². The number of amides is 4. The van der Waals surface area contributed by atoms with E-state index in [9.17, 15) is 32.3 Å². The summed E-state index contributed by atoms with van der Waals surface area (Å²) in [7, 11) is 2.84. The number of anilines is 1. The molecule has 2 heterocycles. The van der Waals surface area contributed by atoms with Crippen LogP contribution in [0.2, 0.25) is 0 Å². The number of aromatic nitrogens is 2. The Morgan fingerprint density at radius 1 is 1.07 bits per heavy atom. The van der Waals surface area contributed by atoms with E-state index in [-0.39, 0.29) is 31.3 Å². The van der Waals surface area contributed by atoms with Crippen LogP contribution in [0.3, 0.4) is 0 Å². The third kappa shape index (κ3) is 6.78. The summed E-state index contributed by atoms with van der Waals surface area (Å²) in [6.07, 6.45) is 0.316. The molecule has 4 amide bonds. The lowest BCUT2D eigenvalue weighted by Gasteiger charge is -2.29. The Morgan fingerprint density at radius 2 is 1.72 bits per heavy atom. The van der Waals surface area contributed by atoms with E-state index in [4.69, 9.17) is 4.74 Å². The number of rotatable bonds is 10. The van der Waals surface area contributed by atoms with Crippen LogP contribution in [0.4, 0.5) is 23.7 Å². The summed E-state index contributed by atoms with van der Waals surface area (Å²) >= 11 is 0. The van der Waals surface area contributed by atoms with E-state index in [2.05, 4.69) is 15.7 Å². The Labute approximate surface area is 246 Å². The van der Waals surface area contributed by atoms with E-state index in [0.29, 0.717) is 28.8 Å². The molecule has 5 rings (SSSR count). The number of benzene rings is 1. The first kappa shape index (κ1) is 30.4. The van der Waals surface area contributed by atoms with Gasteiger partial charge in [-0.15, -0.1) is 0 Å². The fourth-order valence-electron chi connectivity index (χ4n) is 6.13. The Morgan fingerprint density at radius 3 is 2.26 bits per heavy atom. The van der Waals surface area contributed by atoms with Crippen molar-refractivity contribution in [3.05, 3.63) is 47.8 Å². The molecule has 14 heteroatoms. The molecule has 3 fully saturated rings. The number of alkyl halides is 3. The number of hydrogen-bond donors (Lipinski definition) is 3. The van der Waals surface area contributed by atoms with Gasteiger partial charge in [-0.2, -0.15) is 18.3 Å². The lowest BCUT2D eigenvalue weighted by Crippen LogP contribution is -2.50. The standard InChI is InChI=1S/C29H35F3N6O5/c1-37-21(11-13-34-37)24(39)36-23(22(17-3-4-17)18-5-6-18)25(40)35-20-9-7-19(8-10-20)28(26(41)33-15-29(30,31)32)12-14-38(16-28)27(42)43-2/h7-11,13,17-18,22-23H,3-6,12,14-16H2,1-2H3,(H,33,41)(H,35,40)(H,36,39)/t23-,28?/m0/s1. The number of methoxy groups -OCH3 is 1. The van der Waals surface area contributed by atoms with E-state index in [0.717, 1.165) is 25.7 Å². The molecule has 232 valence electrons. The molecular weight excluding hydrogens is 569 g/mol. The third-order valence-corrected chi connectivity index (χ3v) is 8.63. The Hall–Kier alpha value is -4.10. The molecule has 2 aromatic rings. The lowest BCUT2D eigenvalue weighted by molar-refractivity contribution is -0.141. The van der Waals surface area contributed by atoms with E-state index in [1.54, 1.807) is 37.4 Å². The molecular formula is C29H35F3N6O5. The molecule has 2 aliphatic carbocycles. The molecule has 3 aliphatic rings. The van der Waals surface area contributed by atoms with Crippen LogP contribution in [0.5, 0.6) is 0 Å². The monoisotopic (exact) mass is 604 g/mol. The van der Waals surface area contributed by atoms with Crippen molar-refractivity contribution < 1.29 is 37.1 Å². The third-order valence-electron chi connectivity index (χ3n) is 8.63. The summed E-state index contributed by atoms with van der Waals surface area (Å²) in [6.45, 7) is -1.55. The summed E-state index contributed by atoms with van der Waals surface area (Å²) in [5.74, 6) is -0.921. The van der Waals surface area contributed by atoms with Gasteiger partial charge in [0.25, 0.3) is 5.91 Å². The highest BCUT2D eigenvalue weighted by molar-refractivity contribution is 6.01. The van der Waals surface area contributed by atoms with Gasteiger partial charge >= 0.3 is 12.3 Å². The number of nitrogens with zero attached hydrogens (tertiary/aromatic N) is 3. The molecule has 0 radical (unpaired) electrons. The van der Waals surface area contributed by atoms with Crippen LogP contribution in [0.25, 0.3) is 0 Å². The van der Waals surface area contributed by atoms with E-state index >= 15 is 0 Å². The van der Waals surface area contributed by atoms with Gasteiger partial charge < -0.3 is 25.6 Å². The number of carbonyl (C=O) groups excluding carboxylic acids is 4. The maximum Gasteiger partial charge on any atom is 0.409 e. The number of nitrogens with one attached hydrogen (secondary N) is 3. The van der Waals surface area contributed by atoms with Gasteiger partial charge in [0.2, 0.25) is 11.8 Å². The first-order valence-electron chi connectivity index (χ1n) is 14.3. The fraction of sp³-hybridized carbons (Fsp3) is 0.552. The minimum Gasteiger partial charge on any atom is -0.453 e. The molecule has 0 bridgehead atoms. The van der Waals surface area contributed by atoms with Gasteiger partial charge in [-0.1, -0.05) is 12.1 Å². The van der Waals surface area contributed by atoms with Crippen LogP contribution < -0.4 is 16.0 Å². The zero-order chi connectivity index (χ0) is 30.9. The molecule has 11 nitrogen and oxygen atoms in total. The molecule has 1 aromatic heterocycles. The average molecular weight is 605 g/mol. The minimum absolute atomic E-state index is 0.000146. The maximum absolute atomic E-state index is 13.7. The van der Waals surface area contributed by atoms with Crippen LogP contribution in [0.15, 0.2) is 36.5 Å². The van der Waals surface area contributed by atoms with E-state index in [1.165, 1.54) is 22.9 Å². The van der Waals surface area contributed by atoms with E-state index < -0.39 is 42.1 Å². The highest BCUT2D eigenvalue weighted by Crippen LogP contribution is 2.51. The maximum atomic E-state index is 13.7. The number of hydrogen-bond acceptors (Lipinski definition) is 6. The summed E-state index contributed by atoms with van der Waals surface area (Å²) in [6, 6.07) is 7.06. The topological polar surface area (TPSA) is 135 Å². The molecule has 2 atom stereocenters. The number of likely N-dealkylation sites (tertiary alicyclic amines) is 1. The summed E-state index contributed by atoms with van der Waals surface area (Å²) in [4.78, 5) is 53.3. The summed E-state index contributed by atoms with van der Waals surface area (Å²) in [5, 5.41) is 11.8. The second kappa shape index (κ2) is 11.9. The van der Waals surface area contributed by atoms with E-state index in [1.807, 2.05) is 5.32 Å². The summed E-state index contributed by atoms with van der Waals surface area (Å²) < 4.78 is 44.9. The number of ether oxygens (including phenoxy) is 1. The predicted molar refractivity (Wildman–Crippen MR) is 148 cm³/mol. The Bertz CT molecular complexity index is 1360. The van der Waals surface area contributed by atoms with Crippen molar-refractivity contribution in [1.82, 2.24) is 25.3 Å². The zero-order valence-electron chi connectivity index (χ0n) is 23.9. The quantitative estimate of drug-likeness (QED) is 0.382. The molecule has 1 aliphatic heterocycles. The highest BCUT2D eigenvalue weighted by atomic mass is 19.4. The molecule has 2 saturated carbocycles. The first-order valence-corrected chi connectivity index (χ1v) is 14.3. The van der Waals surface area contributed by atoms with Gasteiger partial charge in [0.15, 0.2) is 0 Å². The van der Waals surface area contributed by atoms with Gasteiger partial charge in [-0.05, 0) is 73.6 Å². The van der Waals surface area contributed by atoms with Gasteiger partial charge in [0.1, 0.15) is 18.3 Å². The molecule has 0 spiro atoms. The fourth-order valence-corrected chi connectivity index (χ4v) is 6.13. The lowest BCUT2D eigenvalue weighted by atomic mass is 9.78. The average Bonchev–Trinajstić information content (AvgIpc) is 3.90. The van der Waals surface area contributed by atoms with Gasteiger partial charge in [0.05, 0.1) is 12.5 Å². The van der Waals surface area contributed by atoms with Gasteiger partial charge in [0, 0.05) is 32.0 Å². The minimum atomic E-state index is -4.60. The first-order chi connectivity index (χ1) is 20.4. The molecule has 1 unspecified atom stereocenters. The SMILES string of the molecule is COC(=O)N1CCC(C(=O)NCC(F)(F)F)(c2ccc(NC(=O)[C@@H](NC(=O)c3ccnn3C)C(C3CC3)C3CC3)cc2)C1. The summed E-state index contributed by atoms with van der Waals surface area (Å²) in [5.41, 5.74) is -0.317. The normalized spacial score (nSPS) is 20.9. The van der Waals surface area contributed by atoms with Crippen LogP contribution in [-0.2, 0) is 26.8 Å². The van der Waals surface area contributed by atoms with Crippen molar-refractivity contribution in [2.45, 2.75) is 49.7 Å². The number of carbonyl (C=O) groups is 4. The molecule has 1 aromatic carbocycles. The second-order valence-electron chi connectivity index (χ2n) is 11.6. The van der Waals surface area contributed by atoms with Crippen molar-refractivity contribution in [2.24, 2.45) is 24.8 Å². The highest BCUT2D eigenvalue weighted by Gasteiger charge is 2.50. The van der Waals surface area contributed by atoms with Crippen LogP contribution in [0, 0.1) is 17.8 Å². The molecule has 3 N–H and O–H groups in total.